The van der Waals surface area contributed by atoms with Gasteiger partial charge in [-0.2, -0.15) is 0 Å². The van der Waals surface area contributed by atoms with Crippen molar-refractivity contribution in [1.82, 2.24) is 0 Å². The Labute approximate surface area is 150 Å². The second-order valence-electron chi connectivity index (χ2n) is 5.41. The molecule has 1 amide bonds. The van der Waals surface area contributed by atoms with E-state index >= 15 is 0 Å². The maximum atomic E-state index is 12.0. The number of hydrogen-bond acceptors (Lipinski definition) is 5. The summed E-state index contributed by atoms with van der Waals surface area (Å²) in [5, 5.41) is 3.02. The number of sulfone groups is 1. The SMILES string of the molecule is CS(=O)(=O)Cc1cccc(C(=O)OCC(=O)Nc2cccc(Cl)c2)c1. The largest absolute Gasteiger partial charge is 0.452 e. The molecule has 2 aromatic carbocycles. The molecule has 0 heterocycles. The Morgan fingerprint density at radius 2 is 1.84 bits per heavy atom. The maximum absolute atomic E-state index is 12.0. The van der Waals surface area contributed by atoms with Crippen LogP contribution in [0.3, 0.4) is 0 Å². The van der Waals surface area contributed by atoms with Crippen molar-refractivity contribution < 1.29 is 22.7 Å². The van der Waals surface area contributed by atoms with Crippen LogP contribution in [0, 0.1) is 0 Å². The minimum atomic E-state index is -3.21. The summed E-state index contributed by atoms with van der Waals surface area (Å²) in [5.74, 6) is -1.40. The lowest BCUT2D eigenvalue weighted by Gasteiger charge is -2.08. The van der Waals surface area contributed by atoms with Crippen molar-refractivity contribution in [2.45, 2.75) is 5.75 Å². The molecule has 0 saturated carbocycles. The van der Waals surface area contributed by atoms with Crippen LogP contribution in [0.4, 0.5) is 5.69 Å². The lowest BCUT2D eigenvalue weighted by molar-refractivity contribution is -0.119. The van der Waals surface area contributed by atoms with Crippen molar-refractivity contribution in [3.63, 3.8) is 0 Å². The fourth-order valence-electron chi connectivity index (χ4n) is 2.07. The summed E-state index contributed by atoms with van der Waals surface area (Å²) in [6.45, 7) is -0.471. The molecule has 25 heavy (non-hydrogen) atoms. The predicted octanol–water partition coefficient (Wildman–Crippen LogP) is 2.68. The van der Waals surface area contributed by atoms with Gasteiger partial charge in [0.25, 0.3) is 5.91 Å². The molecular formula is C17H16ClNO5S. The van der Waals surface area contributed by atoms with E-state index in [9.17, 15) is 18.0 Å². The highest BCUT2D eigenvalue weighted by atomic mass is 35.5. The summed E-state index contributed by atoms with van der Waals surface area (Å²) in [7, 11) is -3.21. The van der Waals surface area contributed by atoms with Gasteiger partial charge >= 0.3 is 5.97 Å². The van der Waals surface area contributed by atoms with Crippen LogP contribution in [0.2, 0.25) is 5.02 Å². The molecule has 0 fully saturated rings. The van der Waals surface area contributed by atoms with Crippen molar-refractivity contribution in [3.8, 4) is 0 Å². The molecule has 0 aliphatic carbocycles. The summed E-state index contributed by atoms with van der Waals surface area (Å²) in [6, 6.07) is 12.6. The highest BCUT2D eigenvalue weighted by molar-refractivity contribution is 7.89. The van der Waals surface area contributed by atoms with E-state index in [0.717, 1.165) is 6.26 Å². The third kappa shape index (κ3) is 6.56. The molecule has 0 saturated heterocycles. The van der Waals surface area contributed by atoms with E-state index in [4.69, 9.17) is 16.3 Å². The van der Waals surface area contributed by atoms with E-state index in [2.05, 4.69) is 5.32 Å². The van der Waals surface area contributed by atoms with Crippen molar-refractivity contribution in [1.29, 1.82) is 0 Å². The average Bonchev–Trinajstić information content (AvgIpc) is 2.51. The van der Waals surface area contributed by atoms with Gasteiger partial charge in [0.15, 0.2) is 16.4 Å². The number of halogens is 1. The first-order valence-electron chi connectivity index (χ1n) is 7.22. The van der Waals surface area contributed by atoms with Gasteiger partial charge in [0.2, 0.25) is 0 Å². The zero-order valence-corrected chi connectivity index (χ0v) is 14.9. The minimum absolute atomic E-state index is 0.177. The van der Waals surface area contributed by atoms with Crippen LogP contribution in [0.1, 0.15) is 15.9 Å². The van der Waals surface area contributed by atoms with Crippen LogP contribution < -0.4 is 5.32 Å². The average molecular weight is 382 g/mol. The molecule has 0 aromatic heterocycles. The number of nitrogens with one attached hydrogen (secondary N) is 1. The molecule has 132 valence electrons. The standard InChI is InChI=1S/C17H16ClNO5S/c1-25(22,23)11-12-4-2-5-13(8-12)17(21)24-10-16(20)19-15-7-3-6-14(18)9-15/h2-9H,10-11H2,1H3,(H,19,20). The van der Waals surface area contributed by atoms with E-state index in [1.807, 2.05) is 0 Å². The molecule has 0 unspecified atom stereocenters. The quantitative estimate of drug-likeness (QED) is 0.777. The molecule has 1 N–H and O–H groups in total. The highest BCUT2D eigenvalue weighted by Gasteiger charge is 2.12. The number of rotatable bonds is 6. The summed E-state index contributed by atoms with van der Waals surface area (Å²) < 4.78 is 27.6. The summed E-state index contributed by atoms with van der Waals surface area (Å²) in [4.78, 5) is 23.8. The number of amides is 1. The van der Waals surface area contributed by atoms with E-state index in [1.165, 1.54) is 12.1 Å². The number of anilines is 1. The van der Waals surface area contributed by atoms with E-state index in [1.54, 1.807) is 36.4 Å². The second-order valence-corrected chi connectivity index (χ2v) is 7.98. The third-order valence-corrected chi connectivity index (χ3v) is 4.13. The van der Waals surface area contributed by atoms with Gasteiger partial charge in [-0.1, -0.05) is 29.8 Å². The van der Waals surface area contributed by atoms with Gasteiger partial charge in [-0.25, -0.2) is 13.2 Å². The second kappa shape index (κ2) is 8.13. The molecule has 0 bridgehead atoms. The Bertz CT molecular complexity index is 895. The van der Waals surface area contributed by atoms with Gasteiger partial charge < -0.3 is 10.1 Å². The smallest absolute Gasteiger partial charge is 0.338 e. The first-order chi connectivity index (χ1) is 11.7. The van der Waals surface area contributed by atoms with Gasteiger partial charge in [0.05, 0.1) is 11.3 Å². The van der Waals surface area contributed by atoms with Crippen LogP contribution in [-0.2, 0) is 25.1 Å². The molecule has 0 spiro atoms. The summed E-state index contributed by atoms with van der Waals surface area (Å²) in [5.41, 5.74) is 1.14. The zero-order chi connectivity index (χ0) is 18.4. The van der Waals surface area contributed by atoms with Gasteiger partial charge in [0.1, 0.15) is 0 Å². The zero-order valence-electron chi connectivity index (χ0n) is 13.4. The lowest BCUT2D eigenvalue weighted by Crippen LogP contribution is -2.21. The maximum Gasteiger partial charge on any atom is 0.338 e. The van der Waals surface area contributed by atoms with E-state index < -0.39 is 28.3 Å². The molecule has 6 nitrogen and oxygen atoms in total. The van der Waals surface area contributed by atoms with Crippen LogP contribution in [0.5, 0.6) is 0 Å². The summed E-state index contributed by atoms with van der Waals surface area (Å²) >= 11 is 5.82. The molecule has 2 aromatic rings. The Morgan fingerprint density at radius 3 is 2.52 bits per heavy atom. The van der Waals surface area contributed by atoms with Crippen LogP contribution >= 0.6 is 11.6 Å². The van der Waals surface area contributed by atoms with Crippen LogP contribution in [0.25, 0.3) is 0 Å². The van der Waals surface area contributed by atoms with Crippen molar-refractivity contribution in [2.75, 3.05) is 18.2 Å². The van der Waals surface area contributed by atoms with Gasteiger partial charge in [-0.15, -0.1) is 0 Å². The third-order valence-electron chi connectivity index (χ3n) is 3.03. The molecule has 0 aliphatic rings. The highest BCUT2D eigenvalue weighted by Crippen LogP contribution is 2.15. The van der Waals surface area contributed by atoms with Gasteiger partial charge in [0, 0.05) is 17.0 Å². The normalized spacial score (nSPS) is 11.0. The van der Waals surface area contributed by atoms with Crippen LogP contribution in [0.15, 0.2) is 48.5 Å². The fraction of sp³-hybridized carbons (Fsp3) is 0.176. The molecular weight excluding hydrogens is 366 g/mol. The lowest BCUT2D eigenvalue weighted by atomic mass is 10.1. The Morgan fingerprint density at radius 1 is 1.12 bits per heavy atom. The van der Waals surface area contributed by atoms with Gasteiger partial charge in [-0.3, -0.25) is 4.79 Å². The number of carbonyl (C=O) groups excluding carboxylic acids is 2. The van der Waals surface area contributed by atoms with Crippen molar-refractivity contribution in [3.05, 3.63) is 64.7 Å². The number of ether oxygens (including phenoxy) is 1. The van der Waals surface area contributed by atoms with Crippen molar-refractivity contribution in [2.24, 2.45) is 0 Å². The molecule has 8 heteroatoms. The Hall–Kier alpha value is -2.38. The number of carbonyl (C=O) groups is 2. The molecule has 0 aliphatic heterocycles. The van der Waals surface area contributed by atoms with E-state index in [-0.39, 0.29) is 11.3 Å². The molecule has 0 atom stereocenters. The van der Waals surface area contributed by atoms with E-state index in [0.29, 0.717) is 16.3 Å². The Balaban J connectivity index is 1.93. The molecule has 0 radical (unpaired) electrons. The monoisotopic (exact) mass is 381 g/mol. The van der Waals surface area contributed by atoms with Crippen molar-refractivity contribution >= 4 is 39.0 Å². The fourth-order valence-corrected chi connectivity index (χ4v) is 3.04. The topological polar surface area (TPSA) is 89.5 Å². The summed E-state index contributed by atoms with van der Waals surface area (Å²) in [6.07, 6.45) is 1.11. The van der Waals surface area contributed by atoms with Crippen LogP contribution in [-0.4, -0.2) is 33.2 Å². The first kappa shape index (κ1) is 19.0. The predicted molar refractivity (Wildman–Crippen MR) is 95.4 cm³/mol. The van der Waals surface area contributed by atoms with Gasteiger partial charge in [-0.05, 0) is 35.9 Å². The first-order valence-corrected chi connectivity index (χ1v) is 9.66. The molecule has 2 rings (SSSR count). The number of benzene rings is 2. The number of esters is 1. The minimum Gasteiger partial charge on any atom is -0.452 e. The Kier molecular flexibility index (Phi) is 6.17. The number of hydrogen-bond donors (Lipinski definition) is 1.